The molecule has 52 heavy (non-hydrogen) atoms. The third-order valence-corrected chi connectivity index (χ3v) is 11.7. The highest BCUT2D eigenvalue weighted by Gasteiger charge is 2.46. The lowest BCUT2D eigenvalue weighted by Gasteiger charge is -2.34. The summed E-state index contributed by atoms with van der Waals surface area (Å²) < 4.78 is 8.69. The van der Waals surface area contributed by atoms with Crippen LogP contribution in [0.15, 0.2) is 174 Å². The van der Waals surface area contributed by atoms with Crippen molar-refractivity contribution in [2.24, 2.45) is 0 Å². The monoisotopic (exact) mass is 666 g/mol. The van der Waals surface area contributed by atoms with Crippen molar-refractivity contribution in [1.29, 1.82) is 0 Å². The van der Waals surface area contributed by atoms with E-state index in [0.29, 0.717) is 5.84 Å². The molecule has 0 spiro atoms. The summed E-state index contributed by atoms with van der Waals surface area (Å²) in [5, 5.41) is 0. The molecule has 2 aliphatic carbocycles. The van der Waals surface area contributed by atoms with E-state index in [1.54, 1.807) is 0 Å². The smallest absolute Gasteiger partial charge is 0.307 e. The Morgan fingerprint density at radius 1 is 0.481 bits per heavy atom. The summed E-state index contributed by atoms with van der Waals surface area (Å²) in [6.07, 6.45) is 0. The number of hydrogen-bond acceptors (Lipinski definition) is 2. The third-order valence-electron chi connectivity index (χ3n) is 11.7. The number of fused-ring (bicyclic) bond motifs is 9. The van der Waals surface area contributed by atoms with Gasteiger partial charge in [-0.3, -0.25) is 4.40 Å². The van der Waals surface area contributed by atoms with Gasteiger partial charge in [-0.1, -0.05) is 159 Å². The van der Waals surface area contributed by atoms with Crippen LogP contribution in [0, 0.1) is 0 Å². The second-order valence-electron chi connectivity index (χ2n) is 14.7. The van der Waals surface area contributed by atoms with Crippen LogP contribution in [0.1, 0.15) is 47.2 Å². The molecule has 0 atom stereocenters. The lowest BCUT2D eigenvalue weighted by atomic mass is 9.67. The Hall–Kier alpha value is -6.45. The minimum Gasteiger partial charge on any atom is -0.423 e. The van der Waals surface area contributed by atoms with Gasteiger partial charge in [0.25, 0.3) is 0 Å². The molecule has 0 saturated heterocycles. The number of para-hydroxylation sites is 2. The van der Waals surface area contributed by atoms with Gasteiger partial charge in [-0.15, -0.1) is 0 Å². The van der Waals surface area contributed by atoms with E-state index >= 15 is 0 Å². The number of oxazole rings is 1. The van der Waals surface area contributed by atoms with E-state index in [1.165, 1.54) is 55.6 Å². The quantitative estimate of drug-likeness (QED) is 0.187. The number of nitrogens with zero attached hydrogens (tertiary/aromatic N) is 2. The van der Waals surface area contributed by atoms with Crippen LogP contribution >= 0.6 is 0 Å². The molecule has 0 fully saturated rings. The molecule has 0 bridgehead atoms. The summed E-state index contributed by atoms with van der Waals surface area (Å²) >= 11 is 0. The first-order chi connectivity index (χ1) is 25.5. The summed E-state index contributed by atoms with van der Waals surface area (Å²) in [7, 11) is 0. The van der Waals surface area contributed by atoms with Gasteiger partial charge in [-0.2, -0.15) is 4.98 Å². The fourth-order valence-corrected chi connectivity index (χ4v) is 9.43. The predicted molar refractivity (Wildman–Crippen MR) is 211 cm³/mol. The molecule has 0 radical (unpaired) electrons. The highest BCUT2D eigenvalue weighted by atomic mass is 16.4. The maximum Gasteiger partial charge on any atom is 0.307 e. The standard InChI is InChI=1S/C49H34N2O/c1-48(2)39-21-11-9-19-35(39)37-28-26-32(30-41(37)48)46-45(50-47-51(46)43-23-13-14-24-44(43)52-47)31-25-27-38-36-20-10-12-22-40(36)49(42(38)29-31,33-15-5-3-6-16-33)34-17-7-4-8-18-34/h3-30H,1-2H3. The van der Waals surface area contributed by atoms with Gasteiger partial charge in [0, 0.05) is 16.5 Å². The molecule has 0 saturated carbocycles. The van der Waals surface area contributed by atoms with Crippen LogP contribution in [0.25, 0.3) is 61.7 Å². The van der Waals surface area contributed by atoms with Gasteiger partial charge >= 0.3 is 5.84 Å². The van der Waals surface area contributed by atoms with Crippen molar-refractivity contribution >= 4 is 16.9 Å². The number of imidazole rings is 1. The third kappa shape index (κ3) is 3.77. The zero-order valence-electron chi connectivity index (χ0n) is 29.0. The maximum absolute atomic E-state index is 6.48. The zero-order valence-corrected chi connectivity index (χ0v) is 29.0. The Kier molecular flexibility index (Phi) is 5.94. The van der Waals surface area contributed by atoms with Crippen molar-refractivity contribution in [3.63, 3.8) is 0 Å². The van der Waals surface area contributed by atoms with Gasteiger partial charge < -0.3 is 4.42 Å². The Morgan fingerprint density at radius 2 is 1.02 bits per heavy atom. The van der Waals surface area contributed by atoms with Crippen molar-refractivity contribution in [3.05, 3.63) is 203 Å². The van der Waals surface area contributed by atoms with Gasteiger partial charge in [0.05, 0.1) is 16.6 Å². The predicted octanol–water partition coefficient (Wildman–Crippen LogP) is 12.1. The van der Waals surface area contributed by atoms with Crippen LogP contribution in [0.5, 0.6) is 0 Å². The van der Waals surface area contributed by atoms with Gasteiger partial charge in [0.1, 0.15) is 5.69 Å². The summed E-state index contributed by atoms with van der Waals surface area (Å²) in [6, 6.07) is 61.8. The number of benzene rings is 7. The minimum atomic E-state index is -0.500. The average molecular weight is 667 g/mol. The van der Waals surface area contributed by atoms with E-state index in [9.17, 15) is 0 Å². The molecule has 9 aromatic rings. The molecule has 3 nitrogen and oxygen atoms in total. The van der Waals surface area contributed by atoms with Gasteiger partial charge in [-0.25, -0.2) is 0 Å². The SMILES string of the molecule is CC1(C)c2ccccc2-c2ccc(-c3c(-c4ccc5c(c4)C(c4ccccc4)(c4ccccc4)c4ccccc4-5)nc4oc5ccccc5n34)cc21. The first kappa shape index (κ1) is 29.3. The van der Waals surface area contributed by atoms with Crippen LogP contribution in [-0.4, -0.2) is 9.38 Å². The molecule has 11 rings (SSSR count). The van der Waals surface area contributed by atoms with Crippen molar-refractivity contribution in [1.82, 2.24) is 9.38 Å². The Labute approximate surface area is 302 Å². The Balaban J connectivity index is 1.20. The fraction of sp³-hybridized carbons (Fsp3) is 0.0816. The largest absolute Gasteiger partial charge is 0.423 e. The number of rotatable bonds is 4. The van der Waals surface area contributed by atoms with E-state index in [1.807, 2.05) is 12.1 Å². The fourth-order valence-electron chi connectivity index (χ4n) is 9.43. The van der Waals surface area contributed by atoms with Crippen LogP contribution in [-0.2, 0) is 10.8 Å². The lowest BCUT2D eigenvalue weighted by Crippen LogP contribution is -2.28. The van der Waals surface area contributed by atoms with Gasteiger partial charge in [0.15, 0.2) is 5.58 Å². The molecule has 0 amide bonds. The number of hydrogen-bond donors (Lipinski definition) is 0. The van der Waals surface area contributed by atoms with Crippen molar-refractivity contribution in [3.8, 4) is 44.8 Å². The van der Waals surface area contributed by atoms with E-state index in [-0.39, 0.29) is 5.41 Å². The second-order valence-corrected chi connectivity index (χ2v) is 14.7. The van der Waals surface area contributed by atoms with E-state index in [0.717, 1.165) is 33.6 Å². The number of aromatic nitrogens is 2. The topological polar surface area (TPSA) is 30.4 Å². The molecule has 3 heteroatoms. The van der Waals surface area contributed by atoms with Crippen molar-refractivity contribution in [2.75, 3.05) is 0 Å². The first-order valence-corrected chi connectivity index (χ1v) is 18.1. The van der Waals surface area contributed by atoms with E-state index < -0.39 is 5.41 Å². The van der Waals surface area contributed by atoms with Gasteiger partial charge in [0.2, 0.25) is 0 Å². The summed E-state index contributed by atoms with van der Waals surface area (Å²) in [5.41, 5.74) is 18.2. The molecule has 246 valence electrons. The van der Waals surface area contributed by atoms with Crippen molar-refractivity contribution in [2.45, 2.75) is 24.7 Å². The van der Waals surface area contributed by atoms with Crippen LogP contribution in [0.3, 0.4) is 0 Å². The first-order valence-electron chi connectivity index (χ1n) is 18.1. The minimum absolute atomic E-state index is 0.130. The molecule has 7 aromatic carbocycles. The molecule has 2 heterocycles. The molecule has 2 aliphatic rings. The summed E-state index contributed by atoms with van der Waals surface area (Å²) in [5.74, 6) is 0.593. The summed E-state index contributed by atoms with van der Waals surface area (Å²) in [6.45, 7) is 4.68. The average Bonchev–Trinajstić information content (AvgIpc) is 3.90. The Bertz CT molecular complexity index is 2830. The summed E-state index contributed by atoms with van der Waals surface area (Å²) in [4.78, 5) is 5.33. The lowest BCUT2D eigenvalue weighted by molar-refractivity contribution is 0.642. The van der Waals surface area contributed by atoms with Crippen LogP contribution in [0.2, 0.25) is 0 Å². The van der Waals surface area contributed by atoms with Crippen LogP contribution in [0.4, 0.5) is 0 Å². The molecule has 0 aliphatic heterocycles. The van der Waals surface area contributed by atoms with E-state index in [4.69, 9.17) is 9.40 Å². The maximum atomic E-state index is 6.48. The zero-order chi connectivity index (χ0) is 34.6. The second kappa shape index (κ2) is 10.5. The molecule has 2 aromatic heterocycles. The Morgan fingerprint density at radius 3 is 1.75 bits per heavy atom. The highest BCUT2D eigenvalue weighted by Crippen LogP contribution is 2.57. The van der Waals surface area contributed by atoms with Crippen LogP contribution < -0.4 is 0 Å². The molecule has 0 unspecified atom stereocenters. The van der Waals surface area contributed by atoms with E-state index in [2.05, 4.69) is 176 Å². The van der Waals surface area contributed by atoms with Gasteiger partial charge in [-0.05, 0) is 79.9 Å². The molecule has 0 N–H and O–H groups in total. The highest BCUT2D eigenvalue weighted by molar-refractivity contribution is 5.93. The molecular weight excluding hydrogens is 633 g/mol. The van der Waals surface area contributed by atoms with Crippen molar-refractivity contribution < 1.29 is 4.42 Å². The molecular formula is C49H34N2O. The normalized spacial score (nSPS) is 14.7.